The lowest BCUT2D eigenvalue weighted by molar-refractivity contribution is -0.384. The van der Waals surface area contributed by atoms with Crippen LogP contribution >= 0.6 is 11.3 Å². The van der Waals surface area contributed by atoms with E-state index in [9.17, 15) is 14.9 Å². The monoisotopic (exact) mass is 367 g/mol. The molecule has 1 N–H and O–H groups in total. The van der Waals surface area contributed by atoms with Crippen LogP contribution in [0, 0.1) is 17.0 Å². The molecule has 7 heteroatoms. The van der Waals surface area contributed by atoms with E-state index in [1.807, 2.05) is 36.6 Å². The Balaban J connectivity index is 1.55. The first-order chi connectivity index (χ1) is 12.5. The van der Waals surface area contributed by atoms with Crippen LogP contribution in [0.25, 0.3) is 11.3 Å². The largest absolute Gasteiger partial charge is 0.352 e. The van der Waals surface area contributed by atoms with Crippen LogP contribution < -0.4 is 5.32 Å². The third-order valence-electron chi connectivity index (χ3n) is 3.89. The van der Waals surface area contributed by atoms with Crippen molar-refractivity contribution in [2.45, 2.75) is 13.3 Å². The first-order valence-corrected chi connectivity index (χ1v) is 8.95. The van der Waals surface area contributed by atoms with Gasteiger partial charge in [-0.25, -0.2) is 4.98 Å². The maximum absolute atomic E-state index is 12.1. The van der Waals surface area contributed by atoms with Gasteiger partial charge in [0.1, 0.15) is 0 Å². The number of nitro groups is 1. The van der Waals surface area contributed by atoms with E-state index >= 15 is 0 Å². The Hall–Kier alpha value is -3.06. The van der Waals surface area contributed by atoms with Gasteiger partial charge in [-0.15, -0.1) is 11.3 Å². The van der Waals surface area contributed by atoms with E-state index in [4.69, 9.17) is 0 Å². The van der Waals surface area contributed by atoms with Gasteiger partial charge in [0.05, 0.1) is 15.6 Å². The highest BCUT2D eigenvalue weighted by Gasteiger charge is 2.11. The molecule has 0 aliphatic heterocycles. The Morgan fingerprint density at radius 1 is 1.23 bits per heavy atom. The van der Waals surface area contributed by atoms with E-state index in [0.29, 0.717) is 13.0 Å². The van der Waals surface area contributed by atoms with Gasteiger partial charge in [0, 0.05) is 35.2 Å². The summed E-state index contributed by atoms with van der Waals surface area (Å²) in [5, 5.41) is 16.6. The quantitative estimate of drug-likeness (QED) is 0.527. The van der Waals surface area contributed by atoms with Gasteiger partial charge in [-0.05, 0) is 25.0 Å². The summed E-state index contributed by atoms with van der Waals surface area (Å²) in [6, 6.07) is 13.8. The second-order valence-electron chi connectivity index (χ2n) is 5.76. The lowest BCUT2D eigenvalue weighted by Crippen LogP contribution is -2.25. The number of nitrogens with zero attached hydrogens (tertiary/aromatic N) is 2. The summed E-state index contributed by atoms with van der Waals surface area (Å²) in [5.74, 6) is -0.316. The third kappa shape index (κ3) is 4.31. The van der Waals surface area contributed by atoms with Crippen molar-refractivity contribution in [3.8, 4) is 11.3 Å². The fourth-order valence-corrected chi connectivity index (χ4v) is 3.14. The van der Waals surface area contributed by atoms with Crippen molar-refractivity contribution in [1.82, 2.24) is 10.3 Å². The molecule has 3 rings (SSSR count). The molecule has 1 aromatic heterocycles. The highest BCUT2D eigenvalue weighted by atomic mass is 32.1. The number of carbonyl (C=O) groups excluding carboxylic acids is 1. The average molecular weight is 367 g/mol. The molecule has 0 unspecified atom stereocenters. The maximum atomic E-state index is 12.1. The van der Waals surface area contributed by atoms with E-state index < -0.39 is 4.92 Å². The highest BCUT2D eigenvalue weighted by molar-refractivity contribution is 7.09. The molecular formula is C19H17N3O3S. The summed E-state index contributed by atoms with van der Waals surface area (Å²) >= 11 is 1.62. The summed E-state index contributed by atoms with van der Waals surface area (Å²) in [6.45, 7) is 2.43. The zero-order valence-corrected chi connectivity index (χ0v) is 15.0. The van der Waals surface area contributed by atoms with Gasteiger partial charge in [0.2, 0.25) is 0 Å². The Morgan fingerprint density at radius 3 is 2.65 bits per heavy atom. The number of nitrogens with one attached hydrogen (secondary N) is 1. The van der Waals surface area contributed by atoms with Crippen LogP contribution in [0.15, 0.2) is 53.9 Å². The Bertz CT molecular complexity index is 935. The van der Waals surface area contributed by atoms with E-state index in [-0.39, 0.29) is 17.2 Å². The van der Waals surface area contributed by atoms with Gasteiger partial charge in [-0.3, -0.25) is 14.9 Å². The van der Waals surface area contributed by atoms with Crippen molar-refractivity contribution in [2.75, 3.05) is 6.54 Å². The summed E-state index contributed by atoms with van der Waals surface area (Å²) in [4.78, 5) is 26.8. The number of rotatable bonds is 6. The molecule has 0 aliphatic carbocycles. The van der Waals surface area contributed by atoms with Crippen LogP contribution in [0.4, 0.5) is 5.69 Å². The molecule has 0 radical (unpaired) electrons. The summed E-state index contributed by atoms with van der Waals surface area (Å²) in [5.41, 5.74) is 3.33. The Labute approximate surface area is 154 Å². The minimum Gasteiger partial charge on any atom is -0.352 e. The van der Waals surface area contributed by atoms with Crippen molar-refractivity contribution >= 4 is 22.9 Å². The SMILES string of the molecule is Cc1nc(-c2ccc(CCNC(=O)c3cccc([N+](=O)[O-])c3)cc2)cs1. The number of benzene rings is 2. The predicted molar refractivity (Wildman–Crippen MR) is 101 cm³/mol. The molecule has 0 fully saturated rings. The molecule has 3 aromatic rings. The molecule has 26 heavy (non-hydrogen) atoms. The van der Waals surface area contributed by atoms with E-state index in [2.05, 4.69) is 10.3 Å². The zero-order valence-electron chi connectivity index (χ0n) is 14.1. The van der Waals surface area contributed by atoms with Crippen molar-refractivity contribution in [3.63, 3.8) is 0 Å². The average Bonchev–Trinajstić information content (AvgIpc) is 3.08. The number of aromatic nitrogens is 1. The zero-order chi connectivity index (χ0) is 18.5. The minimum absolute atomic E-state index is 0.0921. The summed E-state index contributed by atoms with van der Waals surface area (Å²) < 4.78 is 0. The van der Waals surface area contributed by atoms with Crippen molar-refractivity contribution < 1.29 is 9.72 Å². The number of carbonyl (C=O) groups is 1. The van der Waals surface area contributed by atoms with E-state index in [1.54, 1.807) is 17.4 Å². The second-order valence-corrected chi connectivity index (χ2v) is 6.82. The highest BCUT2D eigenvalue weighted by Crippen LogP contribution is 2.21. The lowest BCUT2D eigenvalue weighted by atomic mass is 10.1. The maximum Gasteiger partial charge on any atom is 0.270 e. The standard InChI is InChI=1S/C19H17N3O3S/c1-13-21-18(12-26-13)15-7-5-14(6-8-15)9-10-20-19(23)16-3-2-4-17(11-16)22(24)25/h2-8,11-12H,9-10H2,1H3,(H,20,23). The fourth-order valence-electron chi connectivity index (χ4n) is 2.52. The smallest absolute Gasteiger partial charge is 0.270 e. The third-order valence-corrected chi connectivity index (χ3v) is 4.66. The van der Waals surface area contributed by atoms with Crippen LogP contribution in [0.1, 0.15) is 20.9 Å². The number of nitro benzene ring substituents is 1. The first kappa shape index (κ1) is 17.8. The van der Waals surface area contributed by atoms with Gasteiger partial charge in [0.15, 0.2) is 0 Å². The topological polar surface area (TPSA) is 85.1 Å². The fraction of sp³-hybridized carbons (Fsp3) is 0.158. The van der Waals surface area contributed by atoms with Crippen molar-refractivity contribution in [2.24, 2.45) is 0 Å². The van der Waals surface area contributed by atoms with Gasteiger partial charge in [0.25, 0.3) is 11.6 Å². The van der Waals surface area contributed by atoms with Crippen LogP contribution in [0.2, 0.25) is 0 Å². The number of hydrogen-bond acceptors (Lipinski definition) is 5. The van der Waals surface area contributed by atoms with Crippen LogP contribution in [0.3, 0.4) is 0 Å². The molecular weight excluding hydrogens is 350 g/mol. The molecule has 0 spiro atoms. The second kappa shape index (κ2) is 7.88. The van der Waals surface area contributed by atoms with Crippen molar-refractivity contribution in [3.05, 3.63) is 80.2 Å². The number of thiazole rings is 1. The summed E-state index contributed by atoms with van der Waals surface area (Å²) in [7, 11) is 0. The van der Waals surface area contributed by atoms with Crippen LogP contribution in [-0.2, 0) is 6.42 Å². The Kier molecular flexibility index (Phi) is 5.38. The van der Waals surface area contributed by atoms with Crippen LogP contribution in [0.5, 0.6) is 0 Å². The van der Waals surface area contributed by atoms with Gasteiger partial charge < -0.3 is 5.32 Å². The van der Waals surface area contributed by atoms with Gasteiger partial charge >= 0.3 is 0 Å². The molecule has 6 nitrogen and oxygen atoms in total. The molecule has 2 aromatic carbocycles. The molecule has 1 heterocycles. The minimum atomic E-state index is -0.512. The first-order valence-electron chi connectivity index (χ1n) is 8.07. The molecule has 0 saturated carbocycles. The molecule has 132 valence electrons. The normalized spacial score (nSPS) is 10.5. The molecule has 0 bridgehead atoms. The van der Waals surface area contributed by atoms with Crippen molar-refractivity contribution in [1.29, 1.82) is 0 Å². The van der Waals surface area contributed by atoms with Gasteiger partial charge in [-0.2, -0.15) is 0 Å². The van der Waals surface area contributed by atoms with Crippen LogP contribution in [-0.4, -0.2) is 22.4 Å². The number of hydrogen-bond donors (Lipinski definition) is 1. The van der Waals surface area contributed by atoms with E-state index in [1.165, 1.54) is 18.2 Å². The molecule has 0 saturated heterocycles. The van der Waals surface area contributed by atoms with E-state index in [0.717, 1.165) is 21.8 Å². The van der Waals surface area contributed by atoms with Gasteiger partial charge in [-0.1, -0.05) is 30.3 Å². The number of non-ortho nitro benzene ring substituents is 1. The molecule has 1 amide bonds. The molecule has 0 aliphatic rings. The predicted octanol–water partition coefficient (Wildman–Crippen LogP) is 4.00. The number of aryl methyl sites for hydroxylation is 1. The Morgan fingerprint density at radius 2 is 2.00 bits per heavy atom. The molecule has 0 atom stereocenters. The summed E-state index contributed by atoms with van der Waals surface area (Å²) in [6.07, 6.45) is 0.678. The lowest BCUT2D eigenvalue weighted by Gasteiger charge is -2.06. The number of amides is 1.